The van der Waals surface area contributed by atoms with E-state index in [0.717, 1.165) is 6.42 Å². The number of benzene rings is 1. The monoisotopic (exact) mass is 196 g/mol. The van der Waals surface area contributed by atoms with Crippen LogP contribution in [0.1, 0.15) is 25.3 Å². The lowest BCUT2D eigenvalue weighted by Crippen LogP contribution is -2.05. The third-order valence-corrected chi connectivity index (χ3v) is 1.87. The number of aliphatic hydroxyl groups excluding tert-OH is 2. The fraction of sp³-hybridized carbons (Fsp3) is 0.500. The van der Waals surface area contributed by atoms with Crippen LogP contribution in [-0.2, 0) is 0 Å². The van der Waals surface area contributed by atoms with E-state index < -0.39 is 0 Å². The van der Waals surface area contributed by atoms with Crippen molar-refractivity contribution in [3.05, 3.63) is 35.9 Å². The molecule has 0 fully saturated rings. The van der Waals surface area contributed by atoms with Gasteiger partial charge in [0.1, 0.15) is 0 Å². The molecule has 2 nitrogen and oxygen atoms in total. The summed E-state index contributed by atoms with van der Waals surface area (Å²) in [6, 6.07) is 10.3. The summed E-state index contributed by atoms with van der Waals surface area (Å²) < 4.78 is 0. The molecule has 80 valence electrons. The summed E-state index contributed by atoms with van der Waals surface area (Å²) >= 11 is 0. The van der Waals surface area contributed by atoms with Gasteiger partial charge in [-0.05, 0) is 19.8 Å². The van der Waals surface area contributed by atoms with Gasteiger partial charge in [0.25, 0.3) is 0 Å². The van der Waals surface area contributed by atoms with Crippen molar-refractivity contribution in [2.75, 3.05) is 6.61 Å². The molecule has 0 radical (unpaired) electrons. The highest BCUT2D eigenvalue weighted by atomic mass is 16.3. The Hall–Kier alpha value is -0.860. The quantitative estimate of drug-likeness (QED) is 0.777. The minimum absolute atomic E-state index is 0.0923. The molecule has 0 aromatic heterocycles. The second kappa shape index (κ2) is 8.73. The first-order valence-electron chi connectivity index (χ1n) is 5.01. The van der Waals surface area contributed by atoms with Gasteiger partial charge in [-0.15, -0.1) is 0 Å². The molecule has 1 unspecified atom stereocenters. The zero-order valence-electron chi connectivity index (χ0n) is 8.98. The number of aliphatic hydroxyl groups is 2. The van der Waals surface area contributed by atoms with Crippen molar-refractivity contribution < 1.29 is 10.2 Å². The van der Waals surface area contributed by atoms with Gasteiger partial charge in [0.05, 0.1) is 6.10 Å². The van der Waals surface area contributed by atoms with Gasteiger partial charge in [0, 0.05) is 6.61 Å². The molecule has 2 N–H and O–H groups in total. The van der Waals surface area contributed by atoms with E-state index in [1.165, 1.54) is 5.56 Å². The van der Waals surface area contributed by atoms with Crippen LogP contribution in [0.15, 0.2) is 30.3 Å². The lowest BCUT2D eigenvalue weighted by atomic mass is 10.2. The van der Waals surface area contributed by atoms with Gasteiger partial charge >= 0.3 is 0 Å². The van der Waals surface area contributed by atoms with Crippen molar-refractivity contribution in [2.45, 2.75) is 32.8 Å². The highest BCUT2D eigenvalue weighted by Crippen LogP contribution is 1.93. The maximum atomic E-state index is 8.70. The predicted molar refractivity (Wildman–Crippen MR) is 59.2 cm³/mol. The van der Waals surface area contributed by atoms with Crippen LogP contribution in [0.2, 0.25) is 0 Å². The average Bonchev–Trinajstić information content (AvgIpc) is 2.20. The Labute approximate surface area is 86.2 Å². The first-order chi connectivity index (χ1) is 6.70. The van der Waals surface area contributed by atoms with E-state index in [0.29, 0.717) is 6.42 Å². The Morgan fingerprint density at radius 1 is 1.21 bits per heavy atom. The number of rotatable bonds is 3. The largest absolute Gasteiger partial charge is 0.396 e. The van der Waals surface area contributed by atoms with E-state index in [9.17, 15) is 0 Å². The molecular weight excluding hydrogens is 176 g/mol. The van der Waals surface area contributed by atoms with Crippen LogP contribution in [-0.4, -0.2) is 22.9 Å². The van der Waals surface area contributed by atoms with Crippen LogP contribution in [0.3, 0.4) is 0 Å². The van der Waals surface area contributed by atoms with Crippen LogP contribution >= 0.6 is 0 Å². The van der Waals surface area contributed by atoms with E-state index in [-0.39, 0.29) is 12.7 Å². The van der Waals surface area contributed by atoms with E-state index in [1.54, 1.807) is 0 Å². The first-order valence-corrected chi connectivity index (χ1v) is 5.01. The Morgan fingerprint density at radius 2 is 1.79 bits per heavy atom. The fourth-order valence-electron chi connectivity index (χ4n) is 0.888. The summed E-state index contributed by atoms with van der Waals surface area (Å²) in [4.78, 5) is 0. The molecule has 0 saturated carbocycles. The molecule has 0 aliphatic carbocycles. The van der Waals surface area contributed by atoms with Gasteiger partial charge in [-0.1, -0.05) is 42.8 Å². The van der Waals surface area contributed by atoms with Crippen molar-refractivity contribution in [1.29, 1.82) is 0 Å². The molecule has 0 bridgehead atoms. The van der Waals surface area contributed by atoms with Crippen molar-refractivity contribution >= 4 is 0 Å². The fourth-order valence-corrected chi connectivity index (χ4v) is 0.888. The molecule has 0 aliphatic heterocycles. The Balaban J connectivity index is 0.000000241. The SMILES string of the molecule is CCC(O)CCO.Cc1ccccc1. The minimum Gasteiger partial charge on any atom is -0.396 e. The van der Waals surface area contributed by atoms with E-state index in [1.807, 2.05) is 25.1 Å². The van der Waals surface area contributed by atoms with Gasteiger partial charge in [0.2, 0.25) is 0 Å². The molecule has 0 amide bonds. The van der Waals surface area contributed by atoms with Crippen molar-refractivity contribution in [3.63, 3.8) is 0 Å². The van der Waals surface area contributed by atoms with Crippen LogP contribution < -0.4 is 0 Å². The normalized spacial score (nSPS) is 11.4. The van der Waals surface area contributed by atoms with Crippen LogP contribution in [0, 0.1) is 6.92 Å². The summed E-state index contributed by atoms with van der Waals surface area (Å²) in [5, 5.41) is 16.9. The molecule has 2 heteroatoms. The summed E-state index contributed by atoms with van der Waals surface area (Å²) in [6.45, 7) is 4.06. The molecule has 0 heterocycles. The summed E-state index contributed by atoms with van der Waals surface area (Å²) in [7, 11) is 0. The van der Waals surface area contributed by atoms with Crippen LogP contribution in [0.5, 0.6) is 0 Å². The third-order valence-electron chi connectivity index (χ3n) is 1.87. The Bertz CT molecular complexity index is 209. The molecule has 0 saturated heterocycles. The second-order valence-electron chi connectivity index (χ2n) is 3.23. The maximum Gasteiger partial charge on any atom is 0.0559 e. The number of hydrogen-bond acceptors (Lipinski definition) is 2. The summed E-state index contributed by atoms with van der Waals surface area (Å²) in [5.74, 6) is 0. The van der Waals surface area contributed by atoms with Crippen molar-refractivity contribution in [1.82, 2.24) is 0 Å². The van der Waals surface area contributed by atoms with Gasteiger partial charge < -0.3 is 10.2 Å². The van der Waals surface area contributed by atoms with Crippen LogP contribution in [0.4, 0.5) is 0 Å². The Morgan fingerprint density at radius 3 is 2.00 bits per heavy atom. The van der Waals surface area contributed by atoms with Crippen LogP contribution in [0.25, 0.3) is 0 Å². The van der Waals surface area contributed by atoms with Gasteiger partial charge in [0.15, 0.2) is 0 Å². The molecule has 1 rings (SSSR count). The highest BCUT2D eigenvalue weighted by molar-refractivity contribution is 5.11. The first kappa shape index (κ1) is 13.1. The van der Waals surface area contributed by atoms with E-state index in [2.05, 4.69) is 19.1 Å². The lowest BCUT2D eigenvalue weighted by Gasteiger charge is -2.01. The average molecular weight is 196 g/mol. The predicted octanol–water partition coefficient (Wildman–Crippen LogP) is 2.13. The zero-order valence-corrected chi connectivity index (χ0v) is 8.98. The molecule has 0 aliphatic rings. The Kier molecular flexibility index (Phi) is 8.19. The highest BCUT2D eigenvalue weighted by Gasteiger charge is 1.95. The standard InChI is InChI=1S/C7H8.C5H12O2/c1-7-5-3-2-4-6-7;1-2-5(7)3-4-6/h2-6H,1H3;5-7H,2-4H2,1H3. The maximum absolute atomic E-state index is 8.70. The van der Waals surface area contributed by atoms with Gasteiger partial charge in [-0.25, -0.2) is 0 Å². The third kappa shape index (κ3) is 7.77. The molecular formula is C12H20O2. The molecule has 1 atom stereocenters. The lowest BCUT2D eigenvalue weighted by molar-refractivity contribution is 0.129. The number of hydrogen-bond donors (Lipinski definition) is 2. The van der Waals surface area contributed by atoms with Gasteiger partial charge in [-0.3, -0.25) is 0 Å². The van der Waals surface area contributed by atoms with E-state index in [4.69, 9.17) is 10.2 Å². The summed E-state index contributed by atoms with van der Waals surface area (Å²) in [6.07, 6.45) is 0.946. The number of aryl methyl sites for hydroxylation is 1. The minimum atomic E-state index is -0.301. The van der Waals surface area contributed by atoms with Gasteiger partial charge in [-0.2, -0.15) is 0 Å². The second-order valence-corrected chi connectivity index (χ2v) is 3.23. The summed E-state index contributed by atoms with van der Waals surface area (Å²) in [5.41, 5.74) is 1.32. The molecule has 1 aromatic carbocycles. The topological polar surface area (TPSA) is 40.5 Å². The molecule has 0 spiro atoms. The smallest absolute Gasteiger partial charge is 0.0559 e. The van der Waals surface area contributed by atoms with Crippen molar-refractivity contribution in [3.8, 4) is 0 Å². The molecule has 1 aromatic rings. The zero-order chi connectivity index (χ0) is 10.8. The molecule has 14 heavy (non-hydrogen) atoms. The van der Waals surface area contributed by atoms with Crippen molar-refractivity contribution in [2.24, 2.45) is 0 Å². The van der Waals surface area contributed by atoms with E-state index >= 15 is 0 Å².